The number of carbonyl (C=O) groups is 2. The van der Waals surface area contributed by atoms with Crippen LogP contribution in [-0.4, -0.2) is 87.6 Å². The summed E-state index contributed by atoms with van der Waals surface area (Å²) < 4.78 is 2.42. The Morgan fingerprint density at radius 2 is 1.66 bits per heavy atom. The summed E-state index contributed by atoms with van der Waals surface area (Å²) in [7, 11) is 2.10. The summed E-state index contributed by atoms with van der Waals surface area (Å²) in [6.07, 6.45) is 6.36. The highest BCUT2D eigenvalue weighted by molar-refractivity contribution is 5.86. The molecule has 0 N–H and O–H groups in total. The molecule has 0 radical (unpaired) electrons. The Morgan fingerprint density at radius 3 is 2.32 bits per heavy atom. The van der Waals surface area contributed by atoms with E-state index in [1.54, 1.807) is 0 Å². The first-order valence-corrected chi connectivity index (χ1v) is 15.9. The molecule has 0 bridgehead atoms. The third-order valence-electron chi connectivity index (χ3n) is 10.0. The van der Waals surface area contributed by atoms with Crippen LogP contribution in [0.1, 0.15) is 92.2 Å². The van der Waals surface area contributed by atoms with Crippen LogP contribution in [0.25, 0.3) is 0 Å². The first-order valence-electron chi connectivity index (χ1n) is 15.9. The lowest BCUT2D eigenvalue weighted by molar-refractivity contribution is -0.122. The second-order valence-corrected chi connectivity index (χ2v) is 13.9. The maximum atomic E-state index is 14.1. The van der Waals surface area contributed by atoms with Crippen molar-refractivity contribution >= 4 is 11.8 Å². The third kappa shape index (κ3) is 5.95. The Balaban J connectivity index is 1.27. The van der Waals surface area contributed by atoms with Crippen LogP contribution in [0.3, 0.4) is 0 Å². The first-order chi connectivity index (χ1) is 19.7. The summed E-state index contributed by atoms with van der Waals surface area (Å²) in [4.78, 5) is 33.9. The van der Waals surface area contributed by atoms with E-state index in [0.29, 0.717) is 31.5 Å². The summed E-state index contributed by atoms with van der Waals surface area (Å²) >= 11 is 0. The van der Waals surface area contributed by atoms with Crippen molar-refractivity contribution in [3.8, 4) is 0 Å². The number of benzene rings is 1. The number of likely N-dealkylation sites (tertiary alicyclic amines) is 1. The van der Waals surface area contributed by atoms with Gasteiger partial charge in [-0.3, -0.25) is 4.79 Å². The van der Waals surface area contributed by atoms with Gasteiger partial charge in [-0.05, 0) is 76.0 Å². The summed E-state index contributed by atoms with van der Waals surface area (Å²) in [5.74, 6) is 3.88. The van der Waals surface area contributed by atoms with Crippen LogP contribution in [-0.2, 0) is 11.2 Å². The van der Waals surface area contributed by atoms with Crippen molar-refractivity contribution in [2.24, 2.45) is 17.8 Å². The number of rotatable bonds is 8. The van der Waals surface area contributed by atoms with Crippen molar-refractivity contribution in [2.45, 2.75) is 84.1 Å². The third-order valence-corrected chi connectivity index (χ3v) is 10.0. The quantitative estimate of drug-likeness (QED) is 0.456. The number of hydrogen-bond acceptors (Lipinski definition) is 5. The number of amides is 2. The molecule has 2 aromatic rings. The van der Waals surface area contributed by atoms with Gasteiger partial charge < -0.3 is 19.3 Å². The fourth-order valence-electron chi connectivity index (χ4n) is 7.47. The van der Waals surface area contributed by atoms with Crippen LogP contribution in [0.5, 0.6) is 0 Å². The summed E-state index contributed by atoms with van der Waals surface area (Å²) in [6, 6.07) is 6.84. The highest BCUT2D eigenvalue weighted by Gasteiger charge is 2.46. The number of Topliss-reactive ketones (excluding diaryl/α,β-unsaturated/α-hetero) is 1. The highest BCUT2D eigenvalue weighted by Crippen LogP contribution is 2.48. The minimum Gasteiger partial charge on any atom is -0.323 e. The molecule has 2 saturated carbocycles. The van der Waals surface area contributed by atoms with E-state index < -0.39 is 0 Å². The molecule has 1 aromatic heterocycles. The van der Waals surface area contributed by atoms with Gasteiger partial charge >= 0.3 is 6.03 Å². The number of ketones is 1. The van der Waals surface area contributed by atoms with Gasteiger partial charge in [0.1, 0.15) is 17.4 Å². The molecule has 6 rings (SSSR count). The maximum Gasteiger partial charge on any atom is 0.320 e. The zero-order valence-corrected chi connectivity index (χ0v) is 25.7. The molecule has 0 spiro atoms. The molecule has 222 valence electrons. The number of aryl methyl sites for hydroxylation is 2. The van der Waals surface area contributed by atoms with Crippen molar-refractivity contribution in [1.29, 1.82) is 0 Å². The smallest absolute Gasteiger partial charge is 0.320 e. The minimum absolute atomic E-state index is 0.0677. The van der Waals surface area contributed by atoms with Crippen molar-refractivity contribution in [3.05, 3.63) is 46.5 Å². The lowest BCUT2D eigenvalue weighted by Gasteiger charge is -2.36. The molecule has 4 aliphatic rings. The average molecular weight is 561 g/mol. The van der Waals surface area contributed by atoms with Crippen LogP contribution >= 0.6 is 0 Å². The van der Waals surface area contributed by atoms with Gasteiger partial charge in [0, 0.05) is 69.5 Å². The largest absolute Gasteiger partial charge is 0.323 e. The molecular weight excluding hydrogens is 512 g/mol. The second-order valence-electron chi connectivity index (χ2n) is 13.9. The molecule has 3 heterocycles. The molecule has 2 aliphatic heterocycles. The van der Waals surface area contributed by atoms with Gasteiger partial charge in [-0.2, -0.15) is 0 Å². The number of piperazine rings is 1. The minimum atomic E-state index is -0.267. The highest BCUT2D eigenvalue weighted by atomic mass is 16.2. The number of hydrogen-bond donors (Lipinski definition) is 0. The molecule has 2 aliphatic carbocycles. The predicted octanol–water partition coefficient (Wildman–Crippen LogP) is 4.96. The number of urea groups is 1. The Bertz CT molecular complexity index is 1270. The SMILES string of the molecule is Cc1ccc(CC(=O)[C@H]2CN(C(=O)N3CCN(C)CC3)C[C@@H]2c2nnc(C3CC(CC(C)C)C3)n2C2CC2)c(C)c1. The molecule has 0 unspecified atom stereocenters. The van der Waals surface area contributed by atoms with Crippen molar-refractivity contribution in [3.63, 3.8) is 0 Å². The number of likely N-dealkylation sites (N-methyl/N-ethyl adjacent to an activating group) is 1. The van der Waals surface area contributed by atoms with Gasteiger partial charge in [-0.1, -0.05) is 37.6 Å². The molecule has 2 atom stereocenters. The molecular formula is C33H48N6O2. The molecule has 41 heavy (non-hydrogen) atoms. The molecule has 2 saturated heterocycles. The summed E-state index contributed by atoms with van der Waals surface area (Å²) in [6.45, 7) is 13.0. The van der Waals surface area contributed by atoms with E-state index in [2.05, 4.69) is 62.4 Å². The van der Waals surface area contributed by atoms with E-state index in [1.807, 2.05) is 9.80 Å². The van der Waals surface area contributed by atoms with Gasteiger partial charge in [0.05, 0.1) is 0 Å². The van der Waals surface area contributed by atoms with E-state index in [9.17, 15) is 9.59 Å². The van der Waals surface area contributed by atoms with E-state index in [0.717, 1.165) is 73.6 Å². The normalized spacial score (nSPS) is 27.0. The van der Waals surface area contributed by atoms with Gasteiger partial charge in [0.25, 0.3) is 0 Å². The lowest BCUT2D eigenvalue weighted by atomic mass is 9.71. The Hall–Kier alpha value is -2.74. The lowest BCUT2D eigenvalue weighted by Crippen LogP contribution is -2.51. The Kier molecular flexibility index (Phi) is 7.96. The topological polar surface area (TPSA) is 74.6 Å². The Labute approximate surface area is 245 Å². The average Bonchev–Trinajstić information content (AvgIpc) is 3.50. The fraction of sp³-hybridized carbons (Fsp3) is 0.697. The van der Waals surface area contributed by atoms with Gasteiger partial charge in [0.15, 0.2) is 0 Å². The monoisotopic (exact) mass is 560 g/mol. The zero-order chi connectivity index (χ0) is 28.8. The van der Waals surface area contributed by atoms with Crippen LogP contribution in [0.15, 0.2) is 18.2 Å². The molecule has 4 fully saturated rings. The summed E-state index contributed by atoms with van der Waals surface area (Å²) in [5.41, 5.74) is 3.44. The van der Waals surface area contributed by atoms with Crippen LogP contribution in [0.2, 0.25) is 0 Å². The van der Waals surface area contributed by atoms with E-state index in [1.165, 1.54) is 24.8 Å². The van der Waals surface area contributed by atoms with Gasteiger partial charge in [-0.25, -0.2) is 4.79 Å². The molecule has 1 aromatic carbocycles. The number of nitrogens with zero attached hydrogens (tertiary/aromatic N) is 6. The fourth-order valence-corrected chi connectivity index (χ4v) is 7.47. The standard InChI is InChI=1S/C33H48N6O2/c1-21(2)14-24-16-26(17-24)31-34-35-32(39(31)27-8-9-27)29-20-38(33(41)37-12-10-36(5)11-13-37)19-28(29)30(40)18-25-7-6-22(3)15-23(25)4/h6-7,15,21,24,26-29H,8-14,16-20H2,1-5H3/t24?,26?,28-,29-/m0/s1. The van der Waals surface area contributed by atoms with Crippen molar-refractivity contribution < 1.29 is 9.59 Å². The van der Waals surface area contributed by atoms with E-state index in [4.69, 9.17) is 10.2 Å². The van der Waals surface area contributed by atoms with Gasteiger partial charge in [-0.15, -0.1) is 10.2 Å². The maximum absolute atomic E-state index is 14.1. The van der Waals surface area contributed by atoms with Gasteiger partial charge in [0.2, 0.25) is 0 Å². The number of carbonyl (C=O) groups excluding carboxylic acids is 2. The Morgan fingerprint density at radius 1 is 0.951 bits per heavy atom. The molecule has 2 amide bonds. The van der Waals surface area contributed by atoms with Crippen LogP contribution in [0.4, 0.5) is 4.79 Å². The zero-order valence-electron chi connectivity index (χ0n) is 25.7. The van der Waals surface area contributed by atoms with E-state index in [-0.39, 0.29) is 23.7 Å². The second kappa shape index (κ2) is 11.5. The number of aromatic nitrogens is 3. The van der Waals surface area contributed by atoms with E-state index >= 15 is 0 Å². The van der Waals surface area contributed by atoms with Crippen LogP contribution in [0, 0.1) is 31.6 Å². The predicted molar refractivity (Wildman–Crippen MR) is 160 cm³/mol. The summed E-state index contributed by atoms with van der Waals surface area (Å²) in [5, 5.41) is 9.65. The van der Waals surface area contributed by atoms with Crippen molar-refractivity contribution in [1.82, 2.24) is 29.5 Å². The van der Waals surface area contributed by atoms with Crippen molar-refractivity contribution in [2.75, 3.05) is 46.3 Å². The first kappa shape index (κ1) is 28.4. The molecule has 8 nitrogen and oxygen atoms in total. The molecule has 8 heteroatoms. The van der Waals surface area contributed by atoms with Crippen LogP contribution < -0.4 is 0 Å².